The van der Waals surface area contributed by atoms with Crippen LogP contribution in [-0.4, -0.2) is 0 Å². The summed E-state index contributed by atoms with van der Waals surface area (Å²) in [5.74, 6) is 0.741. The fourth-order valence-electron chi connectivity index (χ4n) is 0.892. The SMILES string of the molecule is CC(C)C1=CC=CC1.[Mn]. The van der Waals surface area contributed by atoms with E-state index in [9.17, 15) is 0 Å². The number of hydrogen-bond donors (Lipinski definition) is 0. The molecular weight excluding hydrogens is 151 g/mol. The van der Waals surface area contributed by atoms with E-state index in [1.165, 1.54) is 6.42 Å². The van der Waals surface area contributed by atoms with E-state index in [2.05, 4.69) is 32.1 Å². The van der Waals surface area contributed by atoms with Gasteiger partial charge in [0, 0.05) is 17.1 Å². The van der Waals surface area contributed by atoms with Crippen molar-refractivity contribution in [3.8, 4) is 0 Å². The molecule has 51 valence electrons. The van der Waals surface area contributed by atoms with Crippen molar-refractivity contribution in [2.24, 2.45) is 5.92 Å². The van der Waals surface area contributed by atoms with Crippen LogP contribution in [0.15, 0.2) is 23.8 Å². The summed E-state index contributed by atoms with van der Waals surface area (Å²) in [6, 6.07) is 0. The summed E-state index contributed by atoms with van der Waals surface area (Å²) in [5.41, 5.74) is 1.56. The van der Waals surface area contributed by atoms with E-state index in [4.69, 9.17) is 0 Å². The first kappa shape index (κ1) is 9.00. The minimum atomic E-state index is 0. The van der Waals surface area contributed by atoms with Gasteiger partial charge in [-0.3, -0.25) is 0 Å². The van der Waals surface area contributed by atoms with Gasteiger partial charge in [0.05, 0.1) is 0 Å². The van der Waals surface area contributed by atoms with Gasteiger partial charge in [-0.25, -0.2) is 0 Å². The van der Waals surface area contributed by atoms with Gasteiger partial charge in [0.15, 0.2) is 0 Å². The van der Waals surface area contributed by atoms with Crippen LogP contribution < -0.4 is 0 Å². The van der Waals surface area contributed by atoms with Crippen molar-refractivity contribution in [3.63, 3.8) is 0 Å². The Labute approximate surface area is 67.5 Å². The Morgan fingerprint density at radius 1 is 1.44 bits per heavy atom. The van der Waals surface area contributed by atoms with Crippen molar-refractivity contribution in [3.05, 3.63) is 23.8 Å². The van der Waals surface area contributed by atoms with Crippen LogP contribution in [0.5, 0.6) is 0 Å². The maximum absolute atomic E-state index is 2.23. The molecule has 0 spiro atoms. The predicted octanol–water partition coefficient (Wildman–Crippen LogP) is 2.53. The summed E-state index contributed by atoms with van der Waals surface area (Å²) in [7, 11) is 0. The number of allylic oxidation sites excluding steroid dienone is 4. The van der Waals surface area contributed by atoms with Crippen LogP contribution in [0.1, 0.15) is 20.3 Å². The molecule has 1 aliphatic rings. The second-order valence-corrected chi connectivity index (χ2v) is 2.53. The molecule has 1 radical (unpaired) electrons. The van der Waals surface area contributed by atoms with Crippen molar-refractivity contribution < 1.29 is 17.1 Å². The van der Waals surface area contributed by atoms with E-state index in [-0.39, 0.29) is 17.1 Å². The van der Waals surface area contributed by atoms with Crippen molar-refractivity contribution >= 4 is 0 Å². The first-order valence-electron chi connectivity index (χ1n) is 3.16. The van der Waals surface area contributed by atoms with Gasteiger partial charge in [-0.1, -0.05) is 37.6 Å². The Hall–Kier alpha value is -0.000519. The average Bonchev–Trinajstić information content (AvgIpc) is 2.12. The number of hydrogen-bond acceptors (Lipinski definition) is 0. The molecule has 0 bridgehead atoms. The molecule has 1 heteroatoms. The molecule has 0 saturated carbocycles. The molecule has 0 atom stereocenters. The zero-order valence-electron chi connectivity index (χ0n) is 5.89. The molecule has 0 nitrogen and oxygen atoms in total. The van der Waals surface area contributed by atoms with Crippen LogP contribution in [0.4, 0.5) is 0 Å². The largest absolute Gasteiger partial charge is 0.0805 e. The van der Waals surface area contributed by atoms with E-state index >= 15 is 0 Å². The van der Waals surface area contributed by atoms with E-state index in [1.807, 2.05) is 0 Å². The molecule has 0 amide bonds. The fraction of sp³-hybridized carbons (Fsp3) is 0.500. The maximum Gasteiger partial charge on any atom is 0 e. The number of rotatable bonds is 1. The first-order chi connectivity index (χ1) is 3.80. The Morgan fingerprint density at radius 2 is 2.11 bits per heavy atom. The molecule has 1 rings (SSSR count). The minimum absolute atomic E-state index is 0. The Balaban J connectivity index is 0.000000640. The zero-order chi connectivity index (χ0) is 5.98. The second-order valence-electron chi connectivity index (χ2n) is 2.53. The fourth-order valence-corrected chi connectivity index (χ4v) is 0.892. The molecule has 0 aromatic carbocycles. The van der Waals surface area contributed by atoms with E-state index in [1.54, 1.807) is 5.57 Å². The van der Waals surface area contributed by atoms with Crippen LogP contribution in [0.3, 0.4) is 0 Å². The Morgan fingerprint density at radius 3 is 2.33 bits per heavy atom. The standard InChI is InChI=1S/C8H12.Mn/c1-7(2)8-5-3-4-6-8;/h3-5,7H,6H2,1-2H3;. The minimum Gasteiger partial charge on any atom is -0.0805 e. The third-order valence-corrected chi connectivity index (χ3v) is 1.54. The van der Waals surface area contributed by atoms with Gasteiger partial charge in [0.25, 0.3) is 0 Å². The molecule has 0 fully saturated rings. The summed E-state index contributed by atoms with van der Waals surface area (Å²) < 4.78 is 0. The van der Waals surface area contributed by atoms with Crippen LogP contribution in [0.2, 0.25) is 0 Å². The van der Waals surface area contributed by atoms with E-state index < -0.39 is 0 Å². The molecular formula is C8H12Mn. The van der Waals surface area contributed by atoms with Crippen molar-refractivity contribution in [2.75, 3.05) is 0 Å². The molecule has 1 aliphatic carbocycles. The van der Waals surface area contributed by atoms with Crippen LogP contribution in [0, 0.1) is 5.92 Å². The molecule has 9 heavy (non-hydrogen) atoms. The molecule has 0 saturated heterocycles. The van der Waals surface area contributed by atoms with Crippen LogP contribution in [0.25, 0.3) is 0 Å². The summed E-state index contributed by atoms with van der Waals surface area (Å²) >= 11 is 0. The molecule has 0 aliphatic heterocycles. The smallest absolute Gasteiger partial charge is 0 e. The summed E-state index contributed by atoms with van der Waals surface area (Å²) in [6.07, 6.45) is 7.73. The third kappa shape index (κ3) is 2.38. The van der Waals surface area contributed by atoms with Gasteiger partial charge in [0.1, 0.15) is 0 Å². The maximum atomic E-state index is 2.23. The van der Waals surface area contributed by atoms with Crippen LogP contribution in [-0.2, 0) is 17.1 Å². The summed E-state index contributed by atoms with van der Waals surface area (Å²) in [6.45, 7) is 4.47. The first-order valence-corrected chi connectivity index (χ1v) is 3.16. The average molecular weight is 163 g/mol. The quantitative estimate of drug-likeness (QED) is 0.521. The summed E-state index contributed by atoms with van der Waals surface area (Å²) in [5, 5.41) is 0. The van der Waals surface area contributed by atoms with Gasteiger partial charge in [-0.05, 0) is 12.3 Å². The molecule has 0 aromatic heterocycles. The monoisotopic (exact) mass is 163 g/mol. The summed E-state index contributed by atoms with van der Waals surface area (Å²) in [4.78, 5) is 0. The third-order valence-electron chi connectivity index (χ3n) is 1.54. The predicted molar refractivity (Wildman–Crippen MR) is 36.7 cm³/mol. The van der Waals surface area contributed by atoms with Gasteiger partial charge in [-0.15, -0.1) is 0 Å². The van der Waals surface area contributed by atoms with Gasteiger partial charge >= 0.3 is 0 Å². The van der Waals surface area contributed by atoms with Gasteiger partial charge in [0.2, 0.25) is 0 Å². The van der Waals surface area contributed by atoms with Gasteiger partial charge < -0.3 is 0 Å². The van der Waals surface area contributed by atoms with E-state index in [0.29, 0.717) is 0 Å². The molecule has 0 unspecified atom stereocenters. The Bertz CT molecular complexity index is 132. The molecule has 0 N–H and O–H groups in total. The molecule has 0 aromatic rings. The normalized spacial score (nSPS) is 15.7. The second kappa shape index (κ2) is 3.92. The van der Waals surface area contributed by atoms with Crippen molar-refractivity contribution in [2.45, 2.75) is 20.3 Å². The Kier molecular flexibility index (Phi) is 3.92. The van der Waals surface area contributed by atoms with Gasteiger partial charge in [-0.2, -0.15) is 0 Å². The zero-order valence-corrected chi connectivity index (χ0v) is 7.07. The van der Waals surface area contributed by atoms with Crippen molar-refractivity contribution in [1.29, 1.82) is 0 Å². The topological polar surface area (TPSA) is 0 Å². The van der Waals surface area contributed by atoms with Crippen molar-refractivity contribution in [1.82, 2.24) is 0 Å². The van der Waals surface area contributed by atoms with E-state index in [0.717, 1.165) is 5.92 Å². The molecule has 0 heterocycles. The van der Waals surface area contributed by atoms with Crippen LogP contribution >= 0.6 is 0 Å².